The minimum Gasteiger partial charge on any atom is -0.367 e. The number of aromatic nitrogens is 1. The SMILES string of the molecule is Cc1ccc(Cn2cccc2CN(Cc2ccccc2)C(=O)COCc2ccccc2)cc1. The van der Waals surface area contributed by atoms with Gasteiger partial charge in [0.15, 0.2) is 0 Å². The maximum Gasteiger partial charge on any atom is 0.249 e. The van der Waals surface area contributed by atoms with Gasteiger partial charge in [0.1, 0.15) is 6.61 Å². The predicted molar refractivity (Wildman–Crippen MR) is 132 cm³/mol. The number of hydrogen-bond acceptors (Lipinski definition) is 2. The molecule has 0 fully saturated rings. The van der Waals surface area contributed by atoms with Gasteiger partial charge in [0.25, 0.3) is 0 Å². The highest BCUT2D eigenvalue weighted by Gasteiger charge is 2.17. The Hall–Kier alpha value is -3.63. The first-order chi connectivity index (χ1) is 16.2. The van der Waals surface area contributed by atoms with Crippen LogP contribution in [0, 0.1) is 6.92 Å². The zero-order valence-corrected chi connectivity index (χ0v) is 19.1. The molecule has 4 rings (SSSR count). The van der Waals surface area contributed by atoms with Crippen LogP contribution in [0.2, 0.25) is 0 Å². The van der Waals surface area contributed by atoms with Gasteiger partial charge in [-0.05, 0) is 35.7 Å². The molecule has 4 nitrogen and oxygen atoms in total. The first-order valence-electron chi connectivity index (χ1n) is 11.3. The average Bonchev–Trinajstić information content (AvgIpc) is 3.28. The summed E-state index contributed by atoms with van der Waals surface area (Å²) in [6.45, 7) is 4.43. The van der Waals surface area contributed by atoms with Crippen LogP contribution in [0.4, 0.5) is 0 Å². The van der Waals surface area contributed by atoms with Crippen molar-refractivity contribution < 1.29 is 9.53 Å². The number of amides is 1. The number of carbonyl (C=O) groups excluding carboxylic acids is 1. The Morgan fingerprint density at radius 3 is 2.12 bits per heavy atom. The highest BCUT2D eigenvalue weighted by Crippen LogP contribution is 2.14. The van der Waals surface area contributed by atoms with Crippen molar-refractivity contribution in [3.8, 4) is 0 Å². The third-order valence-electron chi connectivity index (χ3n) is 5.66. The van der Waals surface area contributed by atoms with Crippen LogP contribution in [0.3, 0.4) is 0 Å². The van der Waals surface area contributed by atoms with E-state index in [9.17, 15) is 4.79 Å². The van der Waals surface area contributed by atoms with Gasteiger partial charge in [0, 0.05) is 25.0 Å². The molecule has 1 amide bonds. The summed E-state index contributed by atoms with van der Waals surface area (Å²) in [6.07, 6.45) is 2.08. The van der Waals surface area contributed by atoms with Crippen molar-refractivity contribution in [3.63, 3.8) is 0 Å². The summed E-state index contributed by atoms with van der Waals surface area (Å²) in [5.41, 5.74) is 5.76. The van der Waals surface area contributed by atoms with Gasteiger partial charge in [0.05, 0.1) is 13.2 Å². The summed E-state index contributed by atoms with van der Waals surface area (Å²) < 4.78 is 7.97. The quantitative estimate of drug-likeness (QED) is 0.323. The number of benzene rings is 3. The third-order valence-corrected chi connectivity index (χ3v) is 5.66. The van der Waals surface area contributed by atoms with Crippen LogP contribution in [0.25, 0.3) is 0 Å². The molecule has 0 aliphatic heterocycles. The van der Waals surface area contributed by atoms with Crippen LogP contribution in [-0.4, -0.2) is 22.0 Å². The van der Waals surface area contributed by atoms with Crippen molar-refractivity contribution in [3.05, 3.63) is 131 Å². The highest BCUT2D eigenvalue weighted by molar-refractivity contribution is 5.77. The van der Waals surface area contributed by atoms with Gasteiger partial charge >= 0.3 is 0 Å². The standard InChI is InChI=1S/C29H30N2O2/c1-24-14-16-26(17-15-24)19-30-18-8-13-28(30)21-31(20-25-9-4-2-5-10-25)29(32)23-33-22-27-11-6-3-7-12-27/h2-18H,19-23H2,1H3. The molecule has 4 heteroatoms. The highest BCUT2D eigenvalue weighted by atomic mass is 16.5. The Morgan fingerprint density at radius 2 is 1.42 bits per heavy atom. The molecule has 4 aromatic rings. The minimum atomic E-state index is -0.0159. The van der Waals surface area contributed by atoms with Gasteiger partial charge < -0.3 is 14.2 Å². The third kappa shape index (κ3) is 6.67. The molecule has 1 aromatic heterocycles. The van der Waals surface area contributed by atoms with Crippen LogP contribution in [0.15, 0.2) is 103 Å². The number of hydrogen-bond donors (Lipinski definition) is 0. The minimum absolute atomic E-state index is 0.0159. The van der Waals surface area contributed by atoms with E-state index in [4.69, 9.17) is 4.74 Å². The summed E-state index contributed by atoms with van der Waals surface area (Å²) in [4.78, 5) is 15.0. The topological polar surface area (TPSA) is 34.5 Å². The molecule has 1 heterocycles. The Morgan fingerprint density at radius 1 is 0.758 bits per heavy atom. The molecule has 0 spiro atoms. The number of rotatable bonds is 10. The van der Waals surface area contributed by atoms with E-state index in [1.807, 2.05) is 59.5 Å². The fraction of sp³-hybridized carbons (Fsp3) is 0.207. The van der Waals surface area contributed by atoms with E-state index in [-0.39, 0.29) is 12.5 Å². The molecule has 0 bridgehead atoms. The number of ether oxygens (including phenoxy) is 1. The smallest absolute Gasteiger partial charge is 0.249 e. The molecule has 33 heavy (non-hydrogen) atoms. The number of nitrogens with zero attached hydrogens (tertiary/aromatic N) is 2. The van der Waals surface area contributed by atoms with Gasteiger partial charge in [-0.15, -0.1) is 0 Å². The summed E-state index contributed by atoms with van der Waals surface area (Å²) >= 11 is 0. The van der Waals surface area contributed by atoms with Crippen LogP contribution >= 0.6 is 0 Å². The summed E-state index contributed by atoms with van der Waals surface area (Å²) in [5, 5.41) is 0. The van der Waals surface area contributed by atoms with Gasteiger partial charge in [-0.25, -0.2) is 0 Å². The van der Waals surface area contributed by atoms with E-state index in [0.717, 1.165) is 23.4 Å². The summed E-state index contributed by atoms with van der Waals surface area (Å²) in [7, 11) is 0. The van der Waals surface area contributed by atoms with E-state index in [1.165, 1.54) is 11.1 Å². The Bertz CT molecular complexity index is 1140. The first-order valence-corrected chi connectivity index (χ1v) is 11.3. The van der Waals surface area contributed by atoms with E-state index < -0.39 is 0 Å². The molecule has 0 aliphatic rings. The fourth-order valence-electron chi connectivity index (χ4n) is 3.79. The Labute approximate surface area is 196 Å². The molecule has 0 aliphatic carbocycles. The Kier molecular flexibility index (Phi) is 7.72. The van der Waals surface area contributed by atoms with Crippen molar-refractivity contribution in [1.82, 2.24) is 9.47 Å². The largest absolute Gasteiger partial charge is 0.367 e. The van der Waals surface area contributed by atoms with Crippen molar-refractivity contribution in [2.24, 2.45) is 0 Å². The molecule has 168 valence electrons. The normalized spacial score (nSPS) is 10.8. The average molecular weight is 439 g/mol. The lowest BCUT2D eigenvalue weighted by molar-refractivity contribution is -0.138. The second kappa shape index (κ2) is 11.3. The van der Waals surface area contributed by atoms with Crippen molar-refractivity contribution >= 4 is 5.91 Å². The zero-order chi connectivity index (χ0) is 22.9. The lowest BCUT2D eigenvalue weighted by atomic mass is 10.1. The van der Waals surface area contributed by atoms with Gasteiger partial charge in [-0.1, -0.05) is 90.5 Å². The van der Waals surface area contributed by atoms with E-state index in [0.29, 0.717) is 19.7 Å². The van der Waals surface area contributed by atoms with Crippen LogP contribution in [0.1, 0.15) is 27.9 Å². The van der Waals surface area contributed by atoms with E-state index in [2.05, 4.69) is 60.2 Å². The van der Waals surface area contributed by atoms with Crippen LogP contribution in [-0.2, 0) is 35.8 Å². The van der Waals surface area contributed by atoms with Crippen molar-refractivity contribution in [2.75, 3.05) is 6.61 Å². The molecular weight excluding hydrogens is 408 g/mol. The molecule has 3 aromatic carbocycles. The molecule has 0 saturated heterocycles. The molecule has 0 atom stereocenters. The molecule has 0 radical (unpaired) electrons. The first kappa shape index (κ1) is 22.6. The fourth-order valence-corrected chi connectivity index (χ4v) is 3.79. The lowest BCUT2D eigenvalue weighted by Gasteiger charge is -2.24. The molecular formula is C29H30N2O2. The van der Waals surface area contributed by atoms with Crippen LogP contribution < -0.4 is 0 Å². The number of carbonyl (C=O) groups is 1. The number of aryl methyl sites for hydroxylation is 1. The van der Waals surface area contributed by atoms with Crippen molar-refractivity contribution in [1.29, 1.82) is 0 Å². The second-order valence-corrected chi connectivity index (χ2v) is 8.33. The maximum atomic E-state index is 13.2. The van der Waals surface area contributed by atoms with E-state index >= 15 is 0 Å². The van der Waals surface area contributed by atoms with Crippen molar-refractivity contribution in [2.45, 2.75) is 33.2 Å². The summed E-state index contributed by atoms with van der Waals surface area (Å²) in [5.74, 6) is -0.0159. The second-order valence-electron chi connectivity index (χ2n) is 8.33. The van der Waals surface area contributed by atoms with E-state index in [1.54, 1.807) is 0 Å². The molecule has 0 unspecified atom stereocenters. The zero-order valence-electron chi connectivity index (χ0n) is 19.1. The lowest BCUT2D eigenvalue weighted by Crippen LogP contribution is -2.34. The van der Waals surface area contributed by atoms with Gasteiger partial charge in [-0.3, -0.25) is 4.79 Å². The van der Waals surface area contributed by atoms with Gasteiger partial charge in [-0.2, -0.15) is 0 Å². The maximum absolute atomic E-state index is 13.2. The Balaban J connectivity index is 1.45. The van der Waals surface area contributed by atoms with Crippen LogP contribution in [0.5, 0.6) is 0 Å². The predicted octanol–water partition coefficient (Wildman–Crippen LogP) is 5.59. The molecule has 0 saturated carbocycles. The monoisotopic (exact) mass is 438 g/mol. The molecule has 0 N–H and O–H groups in total. The summed E-state index contributed by atoms with van der Waals surface area (Å²) in [6, 6.07) is 32.7. The van der Waals surface area contributed by atoms with Gasteiger partial charge in [0.2, 0.25) is 5.91 Å².